The molecule has 0 aliphatic heterocycles. The van der Waals surface area contributed by atoms with Crippen molar-refractivity contribution in [3.05, 3.63) is 78.3 Å². The highest BCUT2D eigenvalue weighted by atomic mass is 32.2. The lowest BCUT2D eigenvalue weighted by molar-refractivity contribution is 0.0563. The second-order valence-corrected chi connectivity index (χ2v) is 7.19. The molecule has 0 fully saturated rings. The van der Waals surface area contributed by atoms with E-state index in [1.54, 1.807) is 19.2 Å². The van der Waals surface area contributed by atoms with Gasteiger partial charge in [0, 0.05) is 11.3 Å². The first-order chi connectivity index (χ1) is 14.7. The molecule has 0 aliphatic carbocycles. The molecule has 7 nitrogen and oxygen atoms in total. The van der Waals surface area contributed by atoms with Gasteiger partial charge in [-0.1, -0.05) is 30.0 Å². The highest BCUT2D eigenvalue weighted by Gasteiger charge is 2.18. The molecule has 0 N–H and O–H groups in total. The van der Waals surface area contributed by atoms with Gasteiger partial charge < -0.3 is 13.9 Å². The van der Waals surface area contributed by atoms with Gasteiger partial charge >= 0.3 is 5.97 Å². The van der Waals surface area contributed by atoms with Crippen LogP contribution in [0.15, 0.2) is 76.3 Å². The predicted octanol–water partition coefficient (Wildman–Crippen LogP) is 4.61. The molecule has 0 aliphatic rings. The third-order valence-corrected chi connectivity index (χ3v) is 5.34. The smallest absolute Gasteiger partial charge is 0.373 e. The van der Waals surface area contributed by atoms with E-state index in [0.29, 0.717) is 16.7 Å². The lowest BCUT2D eigenvalue weighted by Crippen LogP contribution is -1.99. The molecule has 0 unspecified atom stereocenters. The third-order valence-electron chi connectivity index (χ3n) is 4.39. The van der Waals surface area contributed by atoms with Crippen molar-refractivity contribution in [1.82, 2.24) is 14.8 Å². The number of esters is 1. The second-order valence-electron chi connectivity index (χ2n) is 6.25. The fourth-order valence-corrected chi connectivity index (χ4v) is 3.75. The van der Waals surface area contributed by atoms with E-state index in [4.69, 9.17) is 9.15 Å². The number of hydrogen-bond donors (Lipinski definition) is 0. The molecular formula is C22H19N3O4S. The summed E-state index contributed by atoms with van der Waals surface area (Å²) < 4.78 is 17.5. The molecule has 2 aromatic carbocycles. The maximum Gasteiger partial charge on any atom is 0.373 e. The number of carbonyl (C=O) groups is 1. The molecule has 0 atom stereocenters. The number of para-hydroxylation sites is 1. The van der Waals surface area contributed by atoms with Crippen LogP contribution in [0.2, 0.25) is 0 Å². The molecule has 0 spiro atoms. The molecular weight excluding hydrogens is 402 g/mol. The first-order valence-corrected chi connectivity index (χ1v) is 10.1. The Hall–Kier alpha value is -3.52. The Labute approximate surface area is 177 Å². The van der Waals surface area contributed by atoms with Crippen molar-refractivity contribution in [3.8, 4) is 22.8 Å². The summed E-state index contributed by atoms with van der Waals surface area (Å²) in [5.41, 5.74) is 1.87. The number of thioether (sulfide) groups is 1. The summed E-state index contributed by atoms with van der Waals surface area (Å²) in [7, 11) is 2.96. The first kappa shape index (κ1) is 19.8. The summed E-state index contributed by atoms with van der Waals surface area (Å²) in [5, 5.41) is 9.53. The minimum Gasteiger partial charge on any atom is -0.497 e. The van der Waals surface area contributed by atoms with E-state index in [9.17, 15) is 4.79 Å². The molecule has 0 radical (unpaired) electrons. The predicted molar refractivity (Wildman–Crippen MR) is 113 cm³/mol. The Morgan fingerprint density at radius 3 is 2.47 bits per heavy atom. The van der Waals surface area contributed by atoms with Gasteiger partial charge in [0.25, 0.3) is 0 Å². The molecule has 0 amide bonds. The number of nitrogens with zero attached hydrogens (tertiary/aromatic N) is 3. The summed E-state index contributed by atoms with van der Waals surface area (Å²) in [5.74, 6) is 2.32. The summed E-state index contributed by atoms with van der Waals surface area (Å²) in [6.07, 6.45) is 0. The Kier molecular flexibility index (Phi) is 5.85. The number of ether oxygens (including phenoxy) is 2. The van der Waals surface area contributed by atoms with Crippen LogP contribution in [0.3, 0.4) is 0 Å². The van der Waals surface area contributed by atoms with Crippen LogP contribution in [0.5, 0.6) is 5.75 Å². The van der Waals surface area contributed by atoms with Crippen LogP contribution in [0.4, 0.5) is 0 Å². The lowest BCUT2D eigenvalue weighted by Gasteiger charge is -2.10. The van der Waals surface area contributed by atoms with Gasteiger partial charge in [-0.25, -0.2) is 4.79 Å². The van der Waals surface area contributed by atoms with E-state index in [-0.39, 0.29) is 5.76 Å². The van der Waals surface area contributed by atoms with Crippen LogP contribution in [-0.2, 0) is 10.5 Å². The van der Waals surface area contributed by atoms with Gasteiger partial charge in [-0.15, -0.1) is 10.2 Å². The molecule has 2 aromatic heterocycles. The summed E-state index contributed by atoms with van der Waals surface area (Å²) in [6, 6.07) is 21.0. The number of methoxy groups -OCH3 is 2. The van der Waals surface area contributed by atoms with Crippen LogP contribution in [0.25, 0.3) is 17.1 Å². The zero-order chi connectivity index (χ0) is 20.9. The Balaban J connectivity index is 1.65. The second kappa shape index (κ2) is 8.87. The van der Waals surface area contributed by atoms with Crippen molar-refractivity contribution in [2.75, 3.05) is 14.2 Å². The third kappa shape index (κ3) is 4.08. The van der Waals surface area contributed by atoms with Crippen molar-refractivity contribution in [1.29, 1.82) is 0 Å². The lowest BCUT2D eigenvalue weighted by atomic mass is 10.2. The summed E-state index contributed by atoms with van der Waals surface area (Å²) in [6.45, 7) is 0. The zero-order valence-corrected chi connectivity index (χ0v) is 17.3. The Bertz CT molecular complexity index is 1140. The molecule has 0 bridgehead atoms. The van der Waals surface area contributed by atoms with Crippen molar-refractivity contribution in [3.63, 3.8) is 0 Å². The zero-order valence-electron chi connectivity index (χ0n) is 16.4. The minimum absolute atomic E-state index is 0.177. The van der Waals surface area contributed by atoms with Crippen LogP contribution >= 0.6 is 11.8 Å². The molecule has 4 aromatic rings. The van der Waals surface area contributed by atoms with E-state index >= 15 is 0 Å². The highest BCUT2D eigenvalue weighted by Crippen LogP contribution is 2.30. The molecule has 0 saturated heterocycles. The maximum absolute atomic E-state index is 11.6. The van der Waals surface area contributed by atoms with Crippen LogP contribution < -0.4 is 4.74 Å². The average molecular weight is 421 g/mol. The highest BCUT2D eigenvalue weighted by molar-refractivity contribution is 7.98. The molecule has 2 heterocycles. The van der Waals surface area contributed by atoms with E-state index in [0.717, 1.165) is 22.8 Å². The fraction of sp³-hybridized carbons (Fsp3) is 0.136. The van der Waals surface area contributed by atoms with Crippen molar-refractivity contribution in [2.24, 2.45) is 0 Å². The Morgan fingerprint density at radius 1 is 1.00 bits per heavy atom. The minimum atomic E-state index is -0.500. The quantitative estimate of drug-likeness (QED) is 0.318. The van der Waals surface area contributed by atoms with Gasteiger partial charge in [0.05, 0.1) is 20.0 Å². The average Bonchev–Trinajstić information content (AvgIpc) is 3.45. The van der Waals surface area contributed by atoms with Crippen LogP contribution in [0, 0.1) is 0 Å². The van der Waals surface area contributed by atoms with Gasteiger partial charge in [0.15, 0.2) is 11.0 Å². The van der Waals surface area contributed by atoms with Crippen LogP contribution in [-0.4, -0.2) is 35.0 Å². The number of carbonyl (C=O) groups excluding carboxylic acids is 1. The van der Waals surface area contributed by atoms with Crippen molar-refractivity contribution >= 4 is 17.7 Å². The van der Waals surface area contributed by atoms with E-state index in [1.165, 1.54) is 18.9 Å². The largest absolute Gasteiger partial charge is 0.497 e. The number of rotatable bonds is 7. The van der Waals surface area contributed by atoms with Gasteiger partial charge in [0.1, 0.15) is 11.5 Å². The van der Waals surface area contributed by atoms with Gasteiger partial charge in [-0.05, 0) is 48.5 Å². The number of aromatic nitrogens is 3. The topological polar surface area (TPSA) is 79.4 Å². The van der Waals surface area contributed by atoms with E-state index in [2.05, 4.69) is 14.9 Å². The standard InChI is InChI=1S/C22H19N3O4S/c1-27-17-10-8-15(9-11-17)20-23-24-22(25(20)16-6-4-3-5-7-16)30-14-18-12-13-19(29-18)21(26)28-2/h3-13H,14H2,1-2H3. The number of hydrogen-bond acceptors (Lipinski definition) is 7. The number of benzene rings is 2. The molecule has 30 heavy (non-hydrogen) atoms. The molecule has 0 saturated carbocycles. The maximum atomic E-state index is 11.6. The van der Waals surface area contributed by atoms with Crippen molar-refractivity contribution in [2.45, 2.75) is 10.9 Å². The van der Waals surface area contributed by atoms with E-state index in [1.807, 2.05) is 59.2 Å². The fourth-order valence-electron chi connectivity index (χ4n) is 2.90. The van der Waals surface area contributed by atoms with E-state index < -0.39 is 5.97 Å². The van der Waals surface area contributed by atoms with Gasteiger partial charge in [-0.3, -0.25) is 4.57 Å². The SMILES string of the molecule is COC(=O)c1ccc(CSc2nnc(-c3ccc(OC)cc3)n2-c2ccccc2)o1. The van der Waals surface area contributed by atoms with Crippen molar-refractivity contribution < 1.29 is 18.7 Å². The van der Waals surface area contributed by atoms with Crippen LogP contribution in [0.1, 0.15) is 16.3 Å². The van der Waals surface area contributed by atoms with Gasteiger partial charge in [0.2, 0.25) is 5.76 Å². The molecule has 152 valence electrons. The Morgan fingerprint density at radius 2 is 1.77 bits per heavy atom. The molecule has 8 heteroatoms. The normalized spacial score (nSPS) is 10.7. The monoisotopic (exact) mass is 421 g/mol. The number of furan rings is 1. The summed E-state index contributed by atoms with van der Waals surface area (Å²) >= 11 is 1.47. The molecule has 4 rings (SSSR count). The summed E-state index contributed by atoms with van der Waals surface area (Å²) in [4.78, 5) is 11.6. The first-order valence-electron chi connectivity index (χ1n) is 9.14. The van der Waals surface area contributed by atoms with Gasteiger partial charge in [-0.2, -0.15) is 0 Å².